The minimum atomic E-state index is 0.151. The summed E-state index contributed by atoms with van der Waals surface area (Å²) in [6.45, 7) is 4.98. The van der Waals surface area contributed by atoms with E-state index in [1.807, 2.05) is 36.1 Å². The van der Waals surface area contributed by atoms with Crippen LogP contribution < -0.4 is 0 Å². The molecule has 21 heavy (non-hydrogen) atoms. The Balaban J connectivity index is 1.85. The first-order valence-electron chi connectivity index (χ1n) is 7.59. The van der Waals surface area contributed by atoms with Gasteiger partial charge in [-0.05, 0) is 44.4 Å². The molecule has 0 saturated carbocycles. The Morgan fingerprint density at radius 1 is 0.952 bits per heavy atom. The lowest BCUT2D eigenvalue weighted by atomic mass is 10.0. The normalized spacial score (nSPS) is 18.0. The zero-order valence-electron chi connectivity index (χ0n) is 12.7. The average molecular weight is 279 g/mol. The molecular weight excluding hydrogens is 258 g/mol. The van der Waals surface area contributed by atoms with E-state index in [9.17, 15) is 4.79 Å². The van der Waals surface area contributed by atoms with Gasteiger partial charge < -0.3 is 4.90 Å². The fourth-order valence-electron chi connectivity index (χ4n) is 3.01. The van der Waals surface area contributed by atoms with Gasteiger partial charge in [-0.2, -0.15) is 0 Å². The third-order valence-corrected chi connectivity index (χ3v) is 4.27. The van der Waals surface area contributed by atoms with E-state index in [0.29, 0.717) is 0 Å². The number of hydrogen-bond donors (Lipinski definition) is 0. The Labute approximate surface area is 126 Å². The number of hydrogen-bond acceptors (Lipinski definition) is 1. The molecule has 108 valence electrons. The summed E-state index contributed by atoms with van der Waals surface area (Å²) in [5, 5.41) is 0. The van der Waals surface area contributed by atoms with Crippen LogP contribution in [0, 0.1) is 13.8 Å². The second-order valence-corrected chi connectivity index (χ2v) is 5.93. The fourth-order valence-corrected chi connectivity index (χ4v) is 3.01. The predicted molar refractivity (Wildman–Crippen MR) is 85.4 cm³/mol. The van der Waals surface area contributed by atoms with E-state index >= 15 is 0 Å². The Morgan fingerprint density at radius 2 is 1.52 bits per heavy atom. The van der Waals surface area contributed by atoms with E-state index in [0.717, 1.165) is 24.9 Å². The molecule has 1 aliphatic heterocycles. The molecular formula is C19H21NO. The monoisotopic (exact) mass is 279 g/mol. The number of carbonyl (C=O) groups excluding carboxylic acids is 1. The maximum Gasteiger partial charge on any atom is 0.254 e. The minimum absolute atomic E-state index is 0.151. The second-order valence-electron chi connectivity index (χ2n) is 5.93. The molecule has 1 heterocycles. The summed E-state index contributed by atoms with van der Waals surface area (Å²) in [4.78, 5) is 14.8. The first kappa shape index (κ1) is 13.9. The number of rotatable bonds is 2. The lowest BCUT2D eigenvalue weighted by Gasteiger charge is -2.25. The lowest BCUT2D eigenvalue weighted by Crippen LogP contribution is -2.30. The molecule has 0 radical (unpaired) electrons. The number of aryl methyl sites for hydroxylation is 2. The summed E-state index contributed by atoms with van der Waals surface area (Å²) in [7, 11) is 0. The summed E-state index contributed by atoms with van der Waals surface area (Å²) >= 11 is 0. The van der Waals surface area contributed by atoms with Gasteiger partial charge in [-0.25, -0.2) is 0 Å². The predicted octanol–water partition coefficient (Wildman–Crippen LogP) is 4.28. The highest BCUT2D eigenvalue weighted by molar-refractivity contribution is 5.94. The fraction of sp³-hybridized carbons (Fsp3) is 0.316. The first-order valence-corrected chi connectivity index (χ1v) is 7.59. The van der Waals surface area contributed by atoms with E-state index < -0.39 is 0 Å². The van der Waals surface area contributed by atoms with Crippen LogP contribution in [0.25, 0.3) is 0 Å². The highest BCUT2D eigenvalue weighted by atomic mass is 16.2. The zero-order valence-corrected chi connectivity index (χ0v) is 12.7. The third kappa shape index (κ3) is 2.85. The van der Waals surface area contributed by atoms with E-state index in [4.69, 9.17) is 0 Å². The van der Waals surface area contributed by atoms with E-state index in [2.05, 4.69) is 31.2 Å². The lowest BCUT2D eigenvalue weighted by molar-refractivity contribution is 0.0735. The van der Waals surface area contributed by atoms with Crippen LogP contribution in [0.15, 0.2) is 48.5 Å². The molecule has 0 unspecified atom stereocenters. The Morgan fingerprint density at radius 3 is 2.14 bits per heavy atom. The van der Waals surface area contributed by atoms with Gasteiger partial charge in [0.1, 0.15) is 0 Å². The van der Waals surface area contributed by atoms with Gasteiger partial charge in [0.15, 0.2) is 0 Å². The number of benzene rings is 2. The molecule has 2 aromatic rings. The number of carbonyl (C=O) groups is 1. The van der Waals surface area contributed by atoms with Gasteiger partial charge in [-0.1, -0.05) is 47.5 Å². The SMILES string of the molecule is Cc1ccc(C(=O)N2CCC[C@H]2c2ccc(C)cc2)cc1. The van der Waals surface area contributed by atoms with Crippen molar-refractivity contribution in [2.75, 3.05) is 6.54 Å². The third-order valence-electron chi connectivity index (χ3n) is 4.27. The van der Waals surface area contributed by atoms with Crippen LogP contribution in [0.5, 0.6) is 0 Å². The molecule has 0 N–H and O–H groups in total. The van der Waals surface area contributed by atoms with Crippen molar-refractivity contribution in [3.05, 3.63) is 70.8 Å². The smallest absolute Gasteiger partial charge is 0.254 e. The molecule has 2 nitrogen and oxygen atoms in total. The van der Waals surface area contributed by atoms with Crippen molar-refractivity contribution in [2.45, 2.75) is 32.7 Å². The average Bonchev–Trinajstić information content (AvgIpc) is 2.97. The van der Waals surface area contributed by atoms with Gasteiger partial charge in [0, 0.05) is 12.1 Å². The van der Waals surface area contributed by atoms with Crippen LogP contribution in [0.1, 0.15) is 45.9 Å². The quantitative estimate of drug-likeness (QED) is 0.803. The van der Waals surface area contributed by atoms with Gasteiger partial charge in [0.05, 0.1) is 6.04 Å². The second kappa shape index (κ2) is 5.72. The van der Waals surface area contributed by atoms with Gasteiger partial charge in [-0.15, -0.1) is 0 Å². The van der Waals surface area contributed by atoms with Crippen molar-refractivity contribution in [1.29, 1.82) is 0 Å². The molecule has 0 aliphatic carbocycles. The Bertz CT molecular complexity index is 628. The van der Waals surface area contributed by atoms with Gasteiger partial charge >= 0.3 is 0 Å². The van der Waals surface area contributed by atoms with Crippen molar-refractivity contribution in [1.82, 2.24) is 4.90 Å². The van der Waals surface area contributed by atoms with Gasteiger partial charge in [0.25, 0.3) is 5.91 Å². The van der Waals surface area contributed by atoms with Crippen LogP contribution in [-0.2, 0) is 0 Å². The summed E-state index contributed by atoms with van der Waals surface area (Å²) in [5.41, 5.74) is 4.48. The zero-order chi connectivity index (χ0) is 14.8. The van der Waals surface area contributed by atoms with Crippen LogP contribution in [0.4, 0.5) is 0 Å². The largest absolute Gasteiger partial charge is 0.332 e. The van der Waals surface area contributed by atoms with Crippen molar-refractivity contribution in [2.24, 2.45) is 0 Å². The molecule has 0 spiro atoms. The van der Waals surface area contributed by atoms with E-state index in [1.54, 1.807) is 0 Å². The molecule has 0 aromatic heterocycles. The molecule has 0 bridgehead atoms. The number of likely N-dealkylation sites (tertiary alicyclic amines) is 1. The summed E-state index contributed by atoms with van der Waals surface area (Å²) in [6, 6.07) is 16.7. The standard InChI is InChI=1S/C19H21NO/c1-14-5-9-16(10-6-14)18-4-3-13-20(18)19(21)17-11-7-15(2)8-12-17/h5-12,18H,3-4,13H2,1-2H3/t18-/m0/s1. The molecule has 1 fully saturated rings. The van der Waals surface area contributed by atoms with E-state index in [-0.39, 0.29) is 11.9 Å². The van der Waals surface area contributed by atoms with Crippen LogP contribution in [0.2, 0.25) is 0 Å². The van der Waals surface area contributed by atoms with Crippen molar-refractivity contribution in [3.63, 3.8) is 0 Å². The number of amides is 1. The summed E-state index contributed by atoms with van der Waals surface area (Å²) < 4.78 is 0. The Kier molecular flexibility index (Phi) is 3.78. The molecule has 1 amide bonds. The molecule has 2 heteroatoms. The van der Waals surface area contributed by atoms with Gasteiger partial charge in [-0.3, -0.25) is 4.79 Å². The van der Waals surface area contributed by atoms with E-state index in [1.165, 1.54) is 16.7 Å². The first-order chi connectivity index (χ1) is 10.1. The van der Waals surface area contributed by atoms with Crippen LogP contribution in [0.3, 0.4) is 0 Å². The maximum atomic E-state index is 12.7. The maximum absolute atomic E-state index is 12.7. The van der Waals surface area contributed by atoms with Crippen molar-refractivity contribution >= 4 is 5.91 Å². The molecule has 1 atom stereocenters. The molecule has 1 aliphatic rings. The summed E-state index contributed by atoms with van der Waals surface area (Å²) in [6.07, 6.45) is 2.14. The minimum Gasteiger partial charge on any atom is -0.332 e. The van der Waals surface area contributed by atoms with Gasteiger partial charge in [0.2, 0.25) is 0 Å². The Hall–Kier alpha value is -2.09. The van der Waals surface area contributed by atoms with Crippen molar-refractivity contribution in [3.8, 4) is 0 Å². The van der Waals surface area contributed by atoms with Crippen molar-refractivity contribution < 1.29 is 4.79 Å². The topological polar surface area (TPSA) is 20.3 Å². The highest BCUT2D eigenvalue weighted by Gasteiger charge is 2.30. The molecule has 1 saturated heterocycles. The number of nitrogens with zero attached hydrogens (tertiary/aromatic N) is 1. The van der Waals surface area contributed by atoms with Crippen LogP contribution >= 0.6 is 0 Å². The summed E-state index contributed by atoms with van der Waals surface area (Å²) in [5.74, 6) is 0.151. The molecule has 3 rings (SSSR count). The molecule has 2 aromatic carbocycles. The highest BCUT2D eigenvalue weighted by Crippen LogP contribution is 2.33. The van der Waals surface area contributed by atoms with Crippen LogP contribution in [-0.4, -0.2) is 17.4 Å².